The molecule has 0 bridgehead atoms. The standard InChI is InChI=1S/C42H79NO2/c1-3-5-7-9-11-13-15-17-19-21-23-25-27-29-31-33-37-44-41-36-35-40(43)39-42(41)45-38-34-32-30-28-26-24-22-20-18-16-14-12-10-8-6-4-2/h35-36,39H,3-34,37-38,43H2,1-2H3. The van der Waals surface area contributed by atoms with Gasteiger partial charge < -0.3 is 15.2 Å². The van der Waals surface area contributed by atoms with E-state index in [1.165, 1.54) is 193 Å². The summed E-state index contributed by atoms with van der Waals surface area (Å²) in [5, 5.41) is 0. The second kappa shape index (κ2) is 34.0. The minimum Gasteiger partial charge on any atom is -0.490 e. The van der Waals surface area contributed by atoms with Crippen LogP contribution in [0.2, 0.25) is 0 Å². The largest absolute Gasteiger partial charge is 0.490 e. The molecule has 0 atom stereocenters. The van der Waals surface area contributed by atoms with Gasteiger partial charge in [0.25, 0.3) is 0 Å². The summed E-state index contributed by atoms with van der Waals surface area (Å²) in [5.74, 6) is 1.66. The Bertz CT molecular complexity index is 721. The molecule has 1 aromatic rings. The molecule has 0 unspecified atom stereocenters. The highest BCUT2D eigenvalue weighted by Crippen LogP contribution is 2.30. The van der Waals surface area contributed by atoms with Crippen molar-refractivity contribution >= 4 is 5.69 Å². The Balaban J connectivity index is 1.93. The lowest BCUT2D eigenvalue weighted by Gasteiger charge is -2.13. The smallest absolute Gasteiger partial charge is 0.163 e. The summed E-state index contributed by atoms with van der Waals surface area (Å²) in [7, 11) is 0. The number of hydrogen-bond donors (Lipinski definition) is 1. The van der Waals surface area contributed by atoms with Gasteiger partial charge in [-0.2, -0.15) is 0 Å². The molecule has 0 aliphatic heterocycles. The van der Waals surface area contributed by atoms with Crippen molar-refractivity contribution in [3.05, 3.63) is 18.2 Å². The van der Waals surface area contributed by atoms with Crippen LogP contribution in [-0.2, 0) is 0 Å². The summed E-state index contributed by atoms with van der Waals surface area (Å²) in [6.07, 6.45) is 44.4. The molecule has 0 aliphatic rings. The Morgan fingerprint density at radius 1 is 0.356 bits per heavy atom. The molecular weight excluding hydrogens is 550 g/mol. The SMILES string of the molecule is CCCCCCCCCCCCCCCCCCOc1ccc(N)cc1OCCCCCCCCCCCCCCCCCC. The van der Waals surface area contributed by atoms with E-state index >= 15 is 0 Å². The molecule has 0 radical (unpaired) electrons. The van der Waals surface area contributed by atoms with E-state index in [4.69, 9.17) is 15.2 Å². The van der Waals surface area contributed by atoms with Crippen LogP contribution in [0.4, 0.5) is 5.69 Å². The lowest BCUT2D eigenvalue weighted by molar-refractivity contribution is 0.258. The van der Waals surface area contributed by atoms with Crippen LogP contribution >= 0.6 is 0 Å². The molecule has 3 heteroatoms. The quantitative estimate of drug-likeness (QED) is 0.0593. The minimum atomic E-state index is 0.742. The summed E-state index contributed by atoms with van der Waals surface area (Å²) in [6.45, 7) is 6.10. The maximum atomic E-state index is 6.12. The molecule has 45 heavy (non-hydrogen) atoms. The number of anilines is 1. The predicted molar refractivity (Wildman–Crippen MR) is 201 cm³/mol. The van der Waals surface area contributed by atoms with Gasteiger partial charge in [0.15, 0.2) is 11.5 Å². The van der Waals surface area contributed by atoms with E-state index in [-0.39, 0.29) is 0 Å². The number of ether oxygens (including phenoxy) is 2. The Hall–Kier alpha value is -1.38. The van der Waals surface area contributed by atoms with E-state index in [0.29, 0.717) is 0 Å². The summed E-state index contributed by atoms with van der Waals surface area (Å²) in [4.78, 5) is 0. The molecule has 0 aliphatic carbocycles. The normalized spacial score (nSPS) is 11.3. The van der Waals surface area contributed by atoms with Crippen molar-refractivity contribution in [3.8, 4) is 11.5 Å². The topological polar surface area (TPSA) is 44.5 Å². The van der Waals surface area contributed by atoms with E-state index in [1.807, 2.05) is 18.2 Å². The van der Waals surface area contributed by atoms with Crippen LogP contribution in [0.5, 0.6) is 11.5 Å². The third kappa shape index (κ3) is 28.6. The van der Waals surface area contributed by atoms with Crippen LogP contribution in [0.25, 0.3) is 0 Å². The first-order valence-electron chi connectivity index (χ1n) is 20.4. The zero-order valence-electron chi connectivity index (χ0n) is 30.7. The third-order valence-corrected chi connectivity index (χ3v) is 9.48. The van der Waals surface area contributed by atoms with Gasteiger partial charge in [-0.3, -0.25) is 0 Å². The van der Waals surface area contributed by atoms with Crippen molar-refractivity contribution in [1.29, 1.82) is 0 Å². The van der Waals surface area contributed by atoms with Crippen LogP contribution < -0.4 is 15.2 Å². The van der Waals surface area contributed by atoms with E-state index < -0.39 is 0 Å². The van der Waals surface area contributed by atoms with Crippen molar-refractivity contribution in [1.82, 2.24) is 0 Å². The molecule has 0 saturated heterocycles. The second-order valence-corrected chi connectivity index (χ2v) is 14.0. The van der Waals surface area contributed by atoms with Gasteiger partial charge in [0.05, 0.1) is 13.2 Å². The highest BCUT2D eigenvalue weighted by molar-refractivity contribution is 5.51. The number of benzene rings is 1. The van der Waals surface area contributed by atoms with E-state index in [2.05, 4.69) is 13.8 Å². The maximum Gasteiger partial charge on any atom is 0.163 e. The van der Waals surface area contributed by atoms with Crippen molar-refractivity contribution < 1.29 is 9.47 Å². The van der Waals surface area contributed by atoms with Crippen LogP contribution in [0.15, 0.2) is 18.2 Å². The average Bonchev–Trinajstić information content (AvgIpc) is 3.04. The fraction of sp³-hybridized carbons (Fsp3) is 0.857. The maximum absolute atomic E-state index is 6.12. The molecule has 0 fully saturated rings. The van der Waals surface area contributed by atoms with Gasteiger partial charge in [-0.15, -0.1) is 0 Å². The van der Waals surface area contributed by atoms with Crippen molar-refractivity contribution in [3.63, 3.8) is 0 Å². The second-order valence-electron chi connectivity index (χ2n) is 14.0. The average molecular weight is 630 g/mol. The van der Waals surface area contributed by atoms with E-state index in [9.17, 15) is 0 Å². The minimum absolute atomic E-state index is 0.742. The van der Waals surface area contributed by atoms with Gasteiger partial charge in [0.1, 0.15) is 0 Å². The molecular formula is C42H79NO2. The Morgan fingerprint density at radius 2 is 0.622 bits per heavy atom. The van der Waals surface area contributed by atoms with Crippen molar-refractivity contribution in [2.24, 2.45) is 0 Å². The molecule has 3 nitrogen and oxygen atoms in total. The van der Waals surface area contributed by atoms with Crippen LogP contribution in [0.1, 0.15) is 219 Å². The third-order valence-electron chi connectivity index (χ3n) is 9.48. The molecule has 264 valence electrons. The van der Waals surface area contributed by atoms with Gasteiger partial charge in [-0.1, -0.05) is 206 Å². The molecule has 0 heterocycles. The van der Waals surface area contributed by atoms with Gasteiger partial charge >= 0.3 is 0 Å². The Kier molecular flexibility index (Phi) is 31.4. The monoisotopic (exact) mass is 630 g/mol. The van der Waals surface area contributed by atoms with E-state index in [0.717, 1.165) is 43.2 Å². The Labute approximate surface area is 282 Å². The fourth-order valence-corrected chi connectivity index (χ4v) is 6.42. The lowest BCUT2D eigenvalue weighted by Crippen LogP contribution is -2.03. The highest BCUT2D eigenvalue weighted by atomic mass is 16.5. The van der Waals surface area contributed by atoms with Gasteiger partial charge in [0, 0.05) is 11.8 Å². The summed E-state index contributed by atoms with van der Waals surface area (Å²) in [6, 6.07) is 5.82. The van der Waals surface area contributed by atoms with Crippen molar-refractivity contribution in [2.45, 2.75) is 219 Å². The number of rotatable bonds is 36. The predicted octanol–water partition coefficient (Wildman–Crippen LogP) is 14.5. The zero-order valence-corrected chi connectivity index (χ0v) is 30.7. The summed E-state index contributed by atoms with van der Waals surface area (Å²) >= 11 is 0. The number of hydrogen-bond acceptors (Lipinski definition) is 3. The van der Waals surface area contributed by atoms with Crippen LogP contribution in [0, 0.1) is 0 Å². The first kappa shape index (κ1) is 41.6. The number of unbranched alkanes of at least 4 members (excludes halogenated alkanes) is 30. The van der Waals surface area contributed by atoms with Gasteiger partial charge in [0.2, 0.25) is 0 Å². The molecule has 1 aromatic carbocycles. The molecule has 0 amide bonds. The van der Waals surface area contributed by atoms with Crippen LogP contribution in [-0.4, -0.2) is 13.2 Å². The molecule has 0 saturated carbocycles. The first-order chi connectivity index (χ1) is 22.3. The van der Waals surface area contributed by atoms with Crippen LogP contribution in [0.3, 0.4) is 0 Å². The zero-order chi connectivity index (χ0) is 32.3. The molecule has 1 rings (SSSR count). The van der Waals surface area contributed by atoms with Gasteiger partial charge in [-0.25, -0.2) is 0 Å². The molecule has 0 aromatic heterocycles. The Morgan fingerprint density at radius 3 is 0.933 bits per heavy atom. The number of nitrogen functional groups attached to an aromatic ring is 1. The molecule has 0 spiro atoms. The highest BCUT2D eigenvalue weighted by Gasteiger charge is 2.06. The lowest BCUT2D eigenvalue weighted by atomic mass is 10.0. The van der Waals surface area contributed by atoms with E-state index in [1.54, 1.807) is 0 Å². The first-order valence-corrected chi connectivity index (χ1v) is 20.4. The fourth-order valence-electron chi connectivity index (χ4n) is 6.42. The van der Waals surface area contributed by atoms with Gasteiger partial charge in [-0.05, 0) is 25.0 Å². The number of nitrogens with two attached hydrogens (primary N) is 1. The summed E-state index contributed by atoms with van der Waals surface area (Å²) in [5.41, 5.74) is 6.80. The van der Waals surface area contributed by atoms with Crippen molar-refractivity contribution in [2.75, 3.05) is 18.9 Å². The molecule has 2 N–H and O–H groups in total. The summed E-state index contributed by atoms with van der Waals surface area (Å²) < 4.78 is 12.2.